The Bertz CT molecular complexity index is 195. The first-order valence-electron chi connectivity index (χ1n) is 5.24. The number of hydrogen-bond donors (Lipinski definition) is 1. The van der Waals surface area contributed by atoms with Crippen LogP contribution < -0.4 is 5.32 Å². The second-order valence-electron chi connectivity index (χ2n) is 4.27. The molecule has 0 aliphatic carbocycles. The monoisotopic (exact) mass is 200 g/mol. The molecule has 0 bridgehead atoms. The van der Waals surface area contributed by atoms with Gasteiger partial charge in [-0.1, -0.05) is 13.8 Å². The minimum absolute atomic E-state index is 0.174. The summed E-state index contributed by atoms with van der Waals surface area (Å²) >= 11 is 0. The molecule has 1 aliphatic rings. The van der Waals surface area contributed by atoms with E-state index in [4.69, 9.17) is 4.74 Å². The number of nitrogens with zero attached hydrogens (tertiary/aromatic N) is 1. The van der Waals surface area contributed by atoms with Gasteiger partial charge in [-0.2, -0.15) is 0 Å². The highest BCUT2D eigenvalue weighted by atomic mass is 16.6. The van der Waals surface area contributed by atoms with Crippen LogP contribution in [0.1, 0.15) is 20.8 Å². The largest absolute Gasteiger partial charge is 0.449 e. The van der Waals surface area contributed by atoms with Crippen molar-refractivity contribution in [3.63, 3.8) is 0 Å². The number of ether oxygens (including phenoxy) is 1. The van der Waals surface area contributed by atoms with E-state index in [1.165, 1.54) is 0 Å². The fourth-order valence-corrected chi connectivity index (χ4v) is 1.43. The van der Waals surface area contributed by atoms with Crippen molar-refractivity contribution in [2.45, 2.75) is 26.8 Å². The molecule has 1 heterocycles. The van der Waals surface area contributed by atoms with E-state index in [0.717, 1.165) is 19.6 Å². The average Bonchev–Trinajstić information content (AvgIpc) is 2.14. The van der Waals surface area contributed by atoms with Crippen molar-refractivity contribution in [1.29, 1.82) is 0 Å². The van der Waals surface area contributed by atoms with Gasteiger partial charge in [0.1, 0.15) is 0 Å². The first kappa shape index (κ1) is 11.3. The summed E-state index contributed by atoms with van der Waals surface area (Å²) < 4.78 is 5.15. The Labute approximate surface area is 85.6 Å². The number of carbonyl (C=O) groups excluding carboxylic acids is 1. The summed E-state index contributed by atoms with van der Waals surface area (Å²) in [4.78, 5) is 13.3. The molecule has 1 saturated heterocycles. The molecule has 0 aromatic carbocycles. The topological polar surface area (TPSA) is 41.6 Å². The highest BCUT2D eigenvalue weighted by Gasteiger charge is 2.21. The summed E-state index contributed by atoms with van der Waals surface area (Å²) in [6.45, 7) is 9.01. The number of nitrogens with one attached hydrogen (secondary N) is 1. The molecule has 1 aliphatic heterocycles. The fourth-order valence-electron chi connectivity index (χ4n) is 1.43. The van der Waals surface area contributed by atoms with Gasteiger partial charge in [0.15, 0.2) is 0 Å². The molecular weight excluding hydrogens is 180 g/mol. The zero-order valence-corrected chi connectivity index (χ0v) is 9.25. The first-order valence-corrected chi connectivity index (χ1v) is 5.24. The van der Waals surface area contributed by atoms with Gasteiger partial charge in [-0.15, -0.1) is 0 Å². The minimum Gasteiger partial charge on any atom is -0.449 e. The smallest absolute Gasteiger partial charge is 0.409 e. The molecule has 0 aromatic heterocycles. The molecule has 1 amide bonds. The maximum Gasteiger partial charge on any atom is 0.409 e. The Hall–Kier alpha value is -0.770. The lowest BCUT2D eigenvalue weighted by atomic mass is 10.2. The van der Waals surface area contributed by atoms with Crippen molar-refractivity contribution < 1.29 is 9.53 Å². The molecule has 0 spiro atoms. The summed E-state index contributed by atoms with van der Waals surface area (Å²) in [6, 6.07) is 0.371. The van der Waals surface area contributed by atoms with E-state index < -0.39 is 0 Å². The highest BCUT2D eigenvalue weighted by Crippen LogP contribution is 2.02. The van der Waals surface area contributed by atoms with Crippen LogP contribution in [-0.2, 0) is 4.74 Å². The van der Waals surface area contributed by atoms with Crippen LogP contribution in [0.15, 0.2) is 0 Å². The molecule has 0 radical (unpaired) electrons. The molecule has 0 aromatic rings. The number of amides is 1. The molecule has 4 heteroatoms. The number of hydrogen-bond acceptors (Lipinski definition) is 3. The van der Waals surface area contributed by atoms with Gasteiger partial charge in [-0.05, 0) is 12.8 Å². The summed E-state index contributed by atoms with van der Waals surface area (Å²) in [6.07, 6.45) is -0.174. The van der Waals surface area contributed by atoms with E-state index in [1.807, 2.05) is 13.8 Å². The zero-order valence-electron chi connectivity index (χ0n) is 9.25. The molecular formula is C10H20N2O2. The van der Waals surface area contributed by atoms with Gasteiger partial charge in [0.05, 0.1) is 6.61 Å². The third-order valence-electron chi connectivity index (χ3n) is 2.17. The van der Waals surface area contributed by atoms with Crippen LogP contribution in [0.3, 0.4) is 0 Å². The maximum absolute atomic E-state index is 11.5. The van der Waals surface area contributed by atoms with Gasteiger partial charge in [0.25, 0.3) is 0 Å². The van der Waals surface area contributed by atoms with Crippen LogP contribution in [0, 0.1) is 5.92 Å². The van der Waals surface area contributed by atoms with E-state index in [2.05, 4.69) is 12.2 Å². The fraction of sp³-hybridized carbons (Fsp3) is 0.900. The Morgan fingerprint density at radius 1 is 1.64 bits per heavy atom. The van der Waals surface area contributed by atoms with Gasteiger partial charge >= 0.3 is 6.09 Å². The lowest BCUT2D eigenvalue weighted by Crippen LogP contribution is -2.51. The standard InChI is InChI=1S/C10H20N2O2/c1-8(2)7-14-10(13)12-5-4-11-9(3)6-12/h8-9,11H,4-7H2,1-3H3/t9-/m0/s1. The van der Waals surface area contributed by atoms with Crippen LogP contribution >= 0.6 is 0 Å². The van der Waals surface area contributed by atoms with E-state index >= 15 is 0 Å². The summed E-state index contributed by atoms with van der Waals surface area (Å²) in [5, 5.41) is 3.28. The van der Waals surface area contributed by atoms with Crippen LogP contribution in [0.5, 0.6) is 0 Å². The molecule has 14 heavy (non-hydrogen) atoms. The Kier molecular flexibility index (Phi) is 4.20. The zero-order chi connectivity index (χ0) is 10.6. The Morgan fingerprint density at radius 2 is 2.36 bits per heavy atom. The molecule has 1 N–H and O–H groups in total. The van der Waals surface area contributed by atoms with Crippen molar-refractivity contribution >= 4 is 6.09 Å². The molecule has 4 nitrogen and oxygen atoms in total. The van der Waals surface area contributed by atoms with Gasteiger partial charge in [0.2, 0.25) is 0 Å². The van der Waals surface area contributed by atoms with E-state index in [9.17, 15) is 4.79 Å². The van der Waals surface area contributed by atoms with E-state index in [-0.39, 0.29) is 6.09 Å². The van der Waals surface area contributed by atoms with Crippen molar-refractivity contribution in [2.75, 3.05) is 26.2 Å². The molecule has 1 atom stereocenters. The third-order valence-corrected chi connectivity index (χ3v) is 2.17. The maximum atomic E-state index is 11.5. The van der Waals surface area contributed by atoms with Crippen LogP contribution in [0.25, 0.3) is 0 Å². The third kappa shape index (κ3) is 3.54. The van der Waals surface area contributed by atoms with Gasteiger partial charge in [-0.25, -0.2) is 4.79 Å². The normalized spacial score (nSPS) is 22.6. The van der Waals surface area contributed by atoms with Crippen LogP contribution in [-0.4, -0.2) is 43.3 Å². The molecule has 0 unspecified atom stereocenters. The second-order valence-corrected chi connectivity index (χ2v) is 4.27. The van der Waals surface area contributed by atoms with Crippen LogP contribution in [0.4, 0.5) is 4.79 Å². The van der Waals surface area contributed by atoms with Crippen LogP contribution in [0.2, 0.25) is 0 Å². The summed E-state index contributed by atoms with van der Waals surface area (Å²) in [5.41, 5.74) is 0. The predicted molar refractivity (Wildman–Crippen MR) is 55.2 cm³/mol. The number of piperazine rings is 1. The van der Waals surface area contributed by atoms with E-state index in [1.54, 1.807) is 4.90 Å². The van der Waals surface area contributed by atoms with Crippen molar-refractivity contribution in [1.82, 2.24) is 10.2 Å². The molecule has 0 saturated carbocycles. The lowest BCUT2D eigenvalue weighted by Gasteiger charge is -2.31. The van der Waals surface area contributed by atoms with Crippen molar-refractivity contribution in [3.05, 3.63) is 0 Å². The van der Waals surface area contributed by atoms with Crippen molar-refractivity contribution in [2.24, 2.45) is 5.92 Å². The van der Waals surface area contributed by atoms with Gasteiger partial charge in [0, 0.05) is 25.7 Å². The number of rotatable bonds is 2. The Balaban J connectivity index is 2.29. The SMILES string of the molecule is CC(C)COC(=O)N1CCN[C@@H](C)C1. The first-order chi connectivity index (χ1) is 6.59. The molecule has 82 valence electrons. The Morgan fingerprint density at radius 3 is 2.93 bits per heavy atom. The highest BCUT2D eigenvalue weighted by molar-refractivity contribution is 5.67. The van der Waals surface area contributed by atoms with Gasteiger partial charge < -0.3 is 15.0 Å². The average molecular weight is 200 g/mol. The second kappa shape index (κ2) is 5.20. The molecule has 1 fully saturated rings. The van der Waals surface area contributed by atoms with E-state index in [0.29, 0.717) is 18.6 Å². The van der Waals surface area contributed by atoms with Crippen molar-refractivity contribution in [3.8, 4) is 0 Å². The van der Waals surface area contributed by atoms with Gasteiger partial charge in [-0.3, -0.25) is 0 Å². The summed E-state index contributed by atoms with van der Waals surface area (Å²) in [5.74, 6) is 0.402. The lowest BCUT2D eigenvalue weighted by molar-refractivity contribution is 0.0827. The summed E-state index contributed by atoms with van der Waals surface area (Å²) in [7, 11) is 0. The predicted octanol–water partition coefficient (Wildman–Crippen LogP) is 1.07. The minimum atomic E-state index is -0.174. The quantitative estimate of drug-likeness (QED) is 0.725. The number of carbonyl (C=O) groups is 1. The molecule has 1 rings (SSSR count).